The summed E-state index contributed by atoms with van der Waals surface area (Å²) in [6.07, 6.45) is 1.59. The van der Waals surface area contributed by atoms with E-state index < -0.39 is 16.1 Å². The van der Waals surface area contributed by atoms with E-state index in [9.17, 15) is 13.2 Å². The van der Waals surface area contributed by atoms with Crippen LogP contribution < -0.4 is 10.3 Å². The van der Waals surface area contributed by atoms with Crippen LogP contribution in [-0.4, -0.2) is 29.4 Å². The minimum absolute atomic E-state index is 0.0261. The fourth-order valence-corrected chi connectivity index (χ4v) is 4.30. The topological polar surface area (TPSA) is 107 Å². The van der Waals surface area contributed by atoms with Crippen molar-refractivity contribution in [1.29, 1.82) is 0 Å². The maximum atomic E-state index is 12.5. The van der Waals surface area contributed by atoms with Crippen LogP contribution in [-0.2, 0) is 16.6 Å². The van der Waals surface area contributed by atoms with Gasteiger partial charge in [-0.15, -0.1) is 0 Å². The van der Waals surface area contributed by atoms with Crippen LogP contribution in [0, 0.1) is 13.8 Å². The molecule has 132 valence electrons. The highest BCUT2D eigenvalue weighted by Gasteiger charge is 2.26. The van der Waals surface area contributed by atoms with E-state index in [-0.39, 0.29) is 28.5 Å². The second kappa shape index (κ2) is 6.41. The molecule has 25 heavy (non-hydrogen) atoms. The summed E-state index contributed by atoms with van der Waals surface area (Å²) >= 11 is 0. The largest absolute Gasteiger partial charge is 0.360 e. The summed E-state index contributed by atoms with van der Waals surface area (Å²) in [5.74, 6) is 0.221. The third-order valence-electron chi connectivity index (χ3n) is 3.80. The fraction of sp³-hybridized carbons (Fsp3) is 0.312. The lowest BCUT2D eigenvalue weighted by Crippen LogP contribution is -2.39. The van der Waals surface area contributed by atoms with Crippen LogP contribution in [0.5, 0.6) is 0 Å². The number of rotatable bonds is 5. The minimum atomic E-state index is -3.80. The Balaban J connectivity index is 1.85. The lowest BCUT2D eigenvalue weighted by molar-refractivity contribution is 0.390. The molecule has 2 heterocycles. The number of benzene rings is 1. The van der Waals surface area contributed by atoms with Crippen molar-refractivity contribution in [2.24, 2.45) is 0 Å². The molecular weight excluding hydrogens is 344 g/mol. The molecule has 0 radical (unpaired) electrons. The van der Waals surface area contributed by atoms with E-state index in [1.54, 1.807) is 38.2 Å². The van der Waals surface area contributed by atoms with Crippen LogP contribution in [0.4, 0.5) is 0 Å². The summed E-state index contributed by atoms with van der Waals surface area (Å²) in [7, 11) is -3.80. The number of sulfonamides is 1. The summed E-state index contributed by atoms with van der Waals surface area (Å²) in [4.78, 5) is 12.5. The van der Waals surface area contributed by atoms with E-state index in [2.05, 4.69) is 15.0 Å². The van der Waals surface area contributed by atoms with Crippen molar-refractivity contribution in [3.05, 3.63) is 52.3 Å². The third kappa shape index (κ3) is 3.33. The van der Waals surface area contributed by atoms with Gasteiger partial charge in [0.25, 0.3) is 5.56 Å². The monoisotopic (exact) mass is 362 g/mol. The molecule has 0 spiro atoms. The highest BCUT2D eigenvalue weighted by Crippen LogP contribution is 2.19. The average Bonchev–Trinajstić information content (AvgIpc) is 2.89. The molecule has 1 unspecified atom stereocenters. The molecule has 0 aliphatic carbocycles. The minimum Gasteiger partial charge on any atom is -0.360 e. The van der Waals surface area contributed by atoms with Crippen LogP contribution in [0.2, 0.25) is 0 Å². The quantitative estimate of drug-likeness (QED) is 0.734. The first-order chi connectivity index (χ1) is 11.8. The molecule has 0 bridgehead atoms. The Morgan fingerprint density at radius 2 is 2.00 bits per heavy atom. The van der Waals surface area contributed by atoms with Crippen LogP contribution in [0.15, 0.2) is 44.7 Å². The smallest absolute Gasteiger partial charge is 0.274 e. The van der Waals surface area contributed by atoms with Gasteiger partial charge < -0.3 is 4.52 Å². The van der Waals surface area contributed by atoms with Crippen molar-refractivity contribution < 1.29 is 12.9 Å². The molecule has 3 rings (SSSR count). The predicted molar refractivity (Wildman–Crippen MR) is 91.8 cm³/mol. The molecule has 3 aromatic rings. The highest BCUT2D eigenvalue weighted by atomic mass is 32.2. The molecule has 1 atom stereocenters. The average molecular weight is 362 g/mol. The molecule has 0 fully saturated rings. The van der Waals surface area contributed by atoms with Crippen LogP contribution in [0.25, 0.3) is 10.8 Å². The standard InChI is InChI=1S/C16H18N4O4S/c1-10(19-25(22,23)15-11(2)18-24-12(15)3)9-20-16(21)14-7-5-4-6-13(14)8-17-20/h4-8,10,19H,9H2,1-3H3. The molecular formula is C16H18N4O4S. The SMILES string of the molecule is Cc1noc(C)c1S(=O)(=O)NC(C)Cn1ncc2ccccc2c1=O. The molecule has 0 amide bonds. The third-order valence-corrected chi connectivity index (χ3v) is 5.63. The van der Waals surface area contributed by atoms with Gasteiger partial charge in [0.2, 0.25) is 10.0 Å². The Bertz CT molecular complexity index is 1070. The molecule has 8 nitrogen and oxygen atoms in total. The summed E-state index contributed by atoms with van der Waals surface area (Å²) in [6.45, 7) is 4.87. The van der Waals surface area contributed by atoms with Gasteiger partial charge in [0, 0.05) is 11.4 Å². The van der Waals surface area contributed by atoms with Crippen molar-refractivity contribution in [1.82, 2.24) is 19.7 Å². The zero-order valence-corrected chi connectivity index (χ0v) is 14.9. The Labute approximate surface area is 144 Å². The molecule has 0 aliphatic rings. The summed E-state index contributed by atoms with van der Waals surface area (Å²) < 4.78 is 33.7. The zero-order chi connectivity index (χ0) is 18.2. The van der Waals surface area contributed by atoms with E-state index in [0.717, 1.165) is 5.39 Å². The number of fused-ring (bicyclic) bond motifs is 1. The maximum absolute atomic E-state index is 12.5. The van der Waals surface area contributed by atoms with Crippen LogP contribution in [0.1, 0.15) is 18.4 Å². The summed E-state index contributed by atoms with van der Waals surface area (Å²) in [6, 6.07) is 6.57. The normalized spacial score (nSPS) is 13.2. The number of nitrogens with one attached hydrogen (secondary N) is 1. The number of aromatic nitrogens is 3. The second-order valence-electron chi connectivity index (χ2n) is 5.89. The Kier molecular flexibility index (Phi) is 4.44. The van der Waals surface area contributed by atoms with Crippen molar-refractivity contribution >= 4 is 20.8 Å². The van der Waals surface area contributed by atoms with Gasteiger partial charge in [0.15, 0.2) is 5.76 Å². The predicted octanol–water partition coefficient (Wildman–Crippen LogP) is 1.37. The van der Waals surface area contributed by atoms with E-state index in [1.165, 1.54) is 11.6 Å². The van der Waals surface area contributed by atoms with Crippen LogP contribution >= 0.6 is 0 Å². The van der Waals surface area contributed by atoms with E-state index >= 15 is 0 Å². The summed E-state index contributed by atoms with van der Waals surface area (Å²) in [5.41, 5.74) is 0.0275. The van der Waals surface area contributed by atoms with Crippen molar-refractivity contribution in [2.45, 2.75) is 38.3 Å². The molecule has 0 saturated carbocycles. The first kappa shape index (κ1) is 17.3. The Morgan fingerprint density at radius 1 is 1.28 bits per heavy atom. The van der Waals surface area contributed by atoms with Gasteiger partial charge in [-0.3, -0.25) is 4.79 Å². The van der Waals surface area contributed by atoms with Gasteiger partial charge in [-0.05, 0) is 26.8 Å². The zero-order valence-electron chi connectivity index (χ0n) is 14.1. The van der Waals surface area contributed by atoms with Gasteiger partial charge in [-0.25, -0.2) is 17.8 Å². The Morgan fingerprint density at radius 3 is 2.68 bits per heavy atom. The van der Waals surface area contributed by atoms with Gasteiger partial charge in [0.05, 0.1) is 18.1 Å². The Hall–Kier alpha value is -2.52. The fourth-order valence-electron chi connectivity index (χ4n) is 2.74. The molecule has 0 saturated heterocycles. The van der Waals surface area contributed by atoms with Gasteiger partial charge in [0.1, 0.15) is 10.6 Å². The van der Waals surface area contributed by atoms with Gasteiger partial charge in [-0.2, -0.15) is 5.10 Å². The second-order valence-corrected chi connectivity index (χ2v) is 7.55. The summed E-state index contributed by atoms with van der Waals surface area (Å²) in [5, 5.41) is 9.06. The molecule has 1 N–H and O–H groups in total. The number of hydrogen-bond acceptors (Lipinski definition) is 6. The molecule has 2 aromatic heterocycles. The first-order valence-corrected chi connectivity index (χ1v) is 9.18. The van der Waals surface area contributed by atoms with Crippen LogP contribution in [0.3, 0.4) is 0 Å². The van der Waals surface area contributed by atoms with E-state index in [1.807, 2.05) is 6.07 Å². The van der Waals surface area contributed by atoms with E-state index in [0.29, 0.717) is 5.39 Å². The molecule has 0 aliphatic heterocycles. The lowest BCUT2D eigenvalue weighted by Gasteiger charge is -2.15. The molecule has 9 heteroatoms. The van der Waals surface area contributed by atoms with E-state index in [4.69, 9.17) is 4.52 Å². The molecule has 1 aromatic carbocycles. The lowest BCUT2D eigenvalue weighted by atomic mass is 10.2. The first-order valence-electron chi connectivity index (χ1n) is 7.69. The van der Waals surface area contributed by atoms with Crippen molar-refractivity contribution in [2.75, 3.05) is 0 Å². The maximum Gasteiger partial charge on any atom is 0.274 e. The number of hydrogen-bond donors (Lipinski definition) is 1. The number of aryl methyl sites for hydroxylation is 2. The van der Waals surface area contributed by atoms with Gasteiger partial charge >= 0.3 is 0 Å². The highest BCUT2D eigenvalue weighted by molar-refractivity contribution is 7.89. The number of nitrogens with zero attached hydrogens (tertiary/aromatic N) is 3. The van der Waals surface area contributed by atoms with Gasteiger partial charge in [-0.1, -0.05) is 23.4 Å². The van der Waals surface area contributed by atoms with Crippen molar-refractivity contribution in [3.8, 4) is 0 Å². The van der Waals surface area contributed by atoms with Crippen molar-refractivity contribution in [3.63, 3.8) is 0 Å².